The van der Waals surface area contributed by atoms with Crippen molar-refractivity contribution in [3.8, 4) is 0 Å². The van der Waals surface area contributed by atoms with Crippen molar-refractivity contribution >= 4 is 17.7 Å². The van der Waals surface area contributed by atoms with E-state index in [2.05, 4.69) is 14.8 Å². The number of esters is 1. The molecule has 6 heteroatoms. The minimum Gasteiger partial charge on any atom is -0.469 e. The molecule has 0 aromatic carbocycles. The Hall–Kier alpha value is -1.04. The zero-order valence-corrected chi connectivity index (χ0v) is 12.2. The number of carbonyl (C=O) groups is 1. The molecule has 5 nitrogen and oxygen atoms in total. The fourth-order valence-corrected chi connectivity index (χ4v) is 3.23. The average Bonchev–Trinajstić information content (AvgIpc) is 3.28. The summed E-state index contributed by atoms with van der Waals surface area (Å²) in [6.45, 7) is 2.03. The monoisotopic (exact) mass is 281 g/mol. The van der Waals surface area contributed by atoms with Gasteiger partial charge in [-0.05, 0) is 25.7 Å². The van der Waals surface area contributed by atoms with E-state index in [0.29, 0.717) is 18.4 Å². The van der Waals surface area contributed by atoms with Gasteiger partial charge in [-0.25, -0.2) is 0 Å². The van der Waals surface area contributed by atoms with Gasteiger partial charge in [-0.15, -0.1) is 10.2 Å². The first kappa shape index (κ1) is 13.0. The molecule has 1 unspecified atom stereocenters. The smallest absolute Gasteiger partial charge is 0.306 e. The molecule has 2 aliphatic carbocycles. The Labute approximate surface area is 117 Å². The molecule has 0 aliphatic heterocycles. The van der Waals surface area contributed by atoms with Crippen LogP contribution in [0.1, 0.15) is 56.8 Å². The van der Waals surface area contributed by atoms with Crippen molar-refractivity contribution in [2.75, 3.05) is 7.11 Å². The summed E-state index contributed by atoms with van der Waals surface area (Å²) < 4.78 is 7.02. The van der Waals surface area contributed by atoms with Crippen LogP contribution in [0.4, 0.5) is 0 Å². The van der Waals surface area contributed by atoms with Crippen LogP contribution in [0.5, 0.6) is 0 Å². The fourth-order valence-electron chi connectivity index (χ4n) is 2.20. The average molecular weight is 281 g/mol. The molecule has 2 aliphatic rings. The summed E-state index contributed by atoms with van der Waals surface area (Å²) in [6.07, 6.45) is 5.37. The van der Waals surface area contributed by atoms with Crippen molar-refractivity contribution in [1.82, 2.24) is 14.8 Å². The number of hydrogen-bond donors (Lipinski definition) is 0. The van der Waals surface area contributed by atoms with Crippen LogP contribution in [0, 0.1) is 0 Å². The van der Waals surface area contributed by atoms with Crippen molar-refractivity contribution < 1.29 is 9.53 Å². The van der Waals surface area contributed by atoms with Crippen molar-refractivity contribution in [2.45, 2.75) is 61.4 Å². The third-order valence-corrected chi connectivity index (χ3v) is 4.59. The number of thioether (sulfide) groups is 1. The van der Waals surface area contributed by atoms with Crippen molar-refractivity contribution in [3.05, 3.63) is 5.82 Å². The maximum absolute atomic E-state index is 11.3. The van der Waals surface area contributed by atoms with Crippen LogP contribution in [0.3, 0.4) is 0 Å². The lowest BCUT2D eigenvalue weighted by Crippen LogP contribution is -2.10. The second kappa shape index (κ2) is 5.15. The second-order valence-electron chi connectivity index (χ2n) is 5.42. The van der Waals surface area contributed by atoms with E-state index in [1.165, 1.54) is 32.8 Å². The molecule has 0 bridgehead atoms. The highest BCUT2D eigenvalue weighted by molar-refractivity contribution is 7.99. The standard InChI is InChI=1S/C13H19N3O2S/c1-8(7-11(17)18-2)19-13-15-14-12(9-3-4-9)16(13)10-5-6-10/h8-10H,3-7H2,1-2H3. The molecular formula is C13H19N3O2S. The second-order valence-corrected chi connectivity index (χ2v) is 6.83. The van der Waals surface area contributed by atoms with E-state index in [1.54, 1.807) is 11.8 Å². The molecule has 1 heterocycles. The maximum Gasteiger partial charge on any atom is 0.306 e. The maximum atomic E-state index is 11.3. The minimum atomic E-state index is -0.167. The number of carbonyl (C=O) groups excluding carboxylic acids is 1. The number of hydrogen-bond acceptors (Lipinski definition) is 5. The van der Waals surface area contributed by atoms with Gasteiger partial charge in [-0.2, -0.15) is 0 Å². The molecule has 1 aromatic heterocycles. The topological polar surface area (TPSA) is 57.0 Å². The van der Waals surface area contributed by atoms with E-state index in [4.69, 9.17) is 4.74 Å². The molecule has 0 saturated heterocycles. The first-order chi connectivity index (χ1) is 9.19. The van der Waals surface area contributed by atoms with Crippen molar-refractivity contribution in [1.29, 1.82) is 0 Å². The minimum absolute atomic E-state index is 0.167. The largest absolute Gasteiger partial charge is 0.469 e. The lowest BCUT2D eigenvalue weighted by atomic mass is 10.3. The van der Waals surface area contributed by atoms with E-state index in [1.807, 2.05) is 6.92 Å². The Kier molecular flexibility index (Phi) is 3.52. The zero-order chi connectivity index (χ0) is 13.4. The van der Waals surface area contributed by atoms with Gasteiger partial charge in [-0.1, -0.05) is 18.7 Å². The van der Waals surface area contributed by atoms with Crippen molar-refractivity contribution in [3.63, 3.8) is 0 Å². The lowest BCUT2D eigenvalue weighted by Gasteiger charge is -2.11. The molecular weight excluding hydrogens is 262 g/mol. The van der Waals surface area contributed by atoms with Crippen LogP contribution >= 0.6 is 11.8 Å². The molecule has 0 N–H and O–H groups in total. The number of rotatable bonds is 6. The molecule has 104 valence electrons. The summed E-state index contributed by atoms with van der Waals surface area (Å²) in [7, 11) is 1.43. The quantitative estimate of drug-likeness (QED) is 0.592. The van der Waals surface area contributed by atoms with Crippen molar-refractivity contribution in [2.24, 2.45) is 0 Å². The highest BCUT2D eigenvalue weighted by Gasteiger charge is 2.36. The van der Waals surface area contributed by atoms with Crippen LogP contribution in [0.15, 0.2) is 5.16 Å². The van der Waals surface area contributed by atoms with Gasteiger partial charge in [0.05, 0.1) is 13.5 Å². The zero-order valence-electron chi connectivity index (χ0n) is 11.3. The molecule has 19 heavy (non-hydrogen) atoms. The van der Waals surface area contributed by atoms with Gasteiger partial charge in [0.25, 0.3) is 0 Å². The molecule has 2 saturated carbocycles. The normalized spacial score (nSPS) is 20.3. The lowest BCUT2D eigenvalue weighted by molar-refractivity contribution is -0.140. The third-order valence-electron chi connectivity index (χ3n) is 3.53. The Balaban J connectivity index is 1.71. The Morgan fingerprint density at radius 3 is 2.74 bits per heavy atom. The predicted molar refractivity (Wildman–Crippen MR) is 72.2 cm³/mol. The van der Waals surface area contributed by atoms with Crippen LogP contribution in [-0.2, 0) is 9.53 Å². The van der Waals surface area contributed by atoms with E-state index >= 15 is 0 Å². The van der Waals surface area contributed by atoms with Gasteiger partial charge in [0, 0.05) is 17.2 Å². The first-order valence-corrected chi connectivity index (χ1v) is 7.75. The van der Waals surface area contributed by atoms with Gasteiger partial charge in [-0.3, -0.25) is 4.79 Å². The molecule has 0 radical (unpaired) electrons. The van der Waals surface area contributed by atoms with E-state index in [-0.39, 0.29) is 11.2 Å². The van der Waals surface area contributed by atoms with E-state index in [9.17, 15) is 4.79 Å². The summed E-state index contributed by atoms with van der Waals surface area (Å²) >= 11 is 1.64. The SMILES string of the molecule is COC(=O)CC(C)Sc1nnc(C2CC2)n1C1CC1. The van der Waals surface area contributed by atoms with E-state index in [0.717, 1.165) is 11.0 Å². The summed E-state index contributed by atoms with van der Waals surface area (Å²) in [5, 5.41) is 9.84. The number of aromatic nitrogens is 3. The fraction of sp³-hybridized carbons (Fsp3) is 0.769. The van der Waals surface area contributed by atoms with E-state index < -0.39 is 0 Å². The summed E-state index contributed by atoms with van der Waals surface area (Å²) in [5.41, 5.74) is 0. The summed E-state index contributed by atoms with van der Waals surface area (Å²) in [4.78, 5) is 11.3. The summed E-state index contributed by atoms with van der Waals surface area (Å²) in [5.74, 6) is 1.62. The molecule has 0 amide bonds. The number of methoxy groups -OCH3 is 1. The number of nitrogens with zero attached hydrogens (tertiary/aromatic N) is 3. The van der Waals surface area contributed by atoms with Crippen LogP contribution < -0.4 is 0 Å². The number of ether oxygens (including phenoxy) is 1. The molecule has 1 atom stereocenters. The molecule has 1 aromatic rings. The Bertz CT molecular complexity index is 480. The Morgan fingerprint density at radius 1 is 1.42 bits per heavy atom. The van der Waals surface area contributed by atoms with Gasteiger partial charge in [0.15, 0.2) is 5.16 Å². The predicted octanol–water partition coefficient (Wildman–Crippen LogP) is 2.53. The molecule has 3 rings (SSSR count). The van der Waals surface area contributed by atoms with Crippen LogP contribution in [-0.4, -0.2) is 33.1 Å². The van der Waals surface area contributed by atoms with Gasteiger partial charge < -0.3 is 9.30 Å². The highest BCUT2D eigenvalue weighted by atomic mass is 32.2. The summed E-state index contributed by atoms with van der Waals surface area (Å²) in [6, 6.07) is 0.596. The Morgan fingerprint density at radius 2 is 2.16 bits per heavy atom. The highest BCUT2D eigenvalue weighted by Crippen LogP contribution is 2.46. The molecule has 0 spiro atoms. The first-order valence-electron chi connectivity index (χ1n) is 6.87. The van der Waals surface area contributed by atoms with Gasteiger partial charge in [0.2, 0.25) is 0 Å². The van der Waals surface area contributed by atoms with Crippen LogP contribution in [0.2, 0.25) is 0 Å². The van der Waals surface area contributed by atoms with Gasteiger partial charge in [0.1, 0.15) is 5.82 Å². The molecule has 2 fully saturated rings. The van der Waals surface area contributed by atoms with Gasteiger partial charge >= 0.3 is 5.97 Å². The van der Waals surface area contributed by atoms with Crippen LogP contribution in [0.25, 0.3) is 0 Å². The third kappa shape index (κ3) is 2.94.